The summed E-state index contributed by atoms with van der Waals surface area (Å²) in [7, 11) is 1.77. The highest BCUT2D eigenvalue weighted by Gasteiger charge is 2.09. The van der Waals surface area contributed by atoms with Crippen LogP contribution >= 0.6 is 58.9 Å². The highest BCUT2D eigenvalue weighted by atomic mass is 127. The van der Waals surface area contributed by atoms with Crippen molar-refractivity contribution < 1.29 is 0 Å². The third-order valence-electron chi connectivity index (χ3n) is 2.84. The SMILES string of the molecule is CN=C(NCCCSC)NC(C)c1ccc(Cl)c(Cl)c1.I. The number of aliphatic imine (C=N–C) groups is 1. The Kier molecular flexibility index (Phi) is 11.8. The molecule has 21 heavy (non-hydrogen) atoms. The molecule has 1 unspecified atom stereocenters. The smallest absolute Gasteiger partial charge is 0.191 e. The standard InChI is InChI=1S/C14H21Cl2N3S.HI/c1-10(11-5-6-12(15)13(16)9-11)19-14(17-2)18-7-4-8-20-3;/h5-6,9-10H,4,7-8H2,1-3H3,(H2,17,18,19);1H. The van der Waals surface area contributed by atoms with E-state index in [1.807, 2.05) is 30.0 Å². The Morgan fingerprint density at radius 2 is 2.05 bits per heavy atom. The van der Waals surface area contributed by atoms with Crippen molar-refractivity contribution in [3.05, 3.63) is 33.8 Å². The Morgan fingerprint density at radius 3 is 2.62 bits per heavy atom. The molecule has 0 aliphatic carbocycles. The highest BCUT2D eigenvalue weighted by molar-refractivity contribution is 14.0. The van der Waals surface area contributed by atoms with Gasteiger partial charge in [-0.1, -0.05) is 29.3 Å². The van der Waals surface area contributed by atoms with Gasteiger partial charge >= 0.3 is 0 Å². The minimum atomic E-state index is 0. The zero-order valence-corrected chi connectivity index (χ0v) is 17.1. The van der Waals surface area contributed by atoms with Gasteiger partial charge in [-0.25, -0.2) is 0 Å². The number of halogens is 3. The first-order chi connectivity index (χ1) is 9.58. The molecule has 0 heterocycles. The molecule has 0 spiro atoms. The summed E-state index contributed by atoms with van der Waals surface area (Å²) >= 11 is 13.8. The summed E-state index contributed by atoms with van der Waals surface area (Å²) in [6.45, 7) is 2.98. The molecular formula is C14H22Cl2IN3S. The molecule has 0 radical (unpaired) electrons. The number of nitrogens with zero attached hydrogens (tertiary/aromatic N) is 1. The average Bonchev–Trinajstić information content (AvgIpc) is 2.44. The van der Waals surface area contributed by atoms with E-state index in [1.54, 1.807) is 7.05 Å². The first kappa shape index (κ1) is 21.1. The maximum atomic E-state index is 6.04. The zero-order chi connectivity index (χ0) is 15.0. The van der Waals surface area contributed by atoms with Crippen LogP contribution in [0.2, 0.25) is 10.0 Å². The number of benzene rings is 1. The number of hydrogen-bond donors (Lipinski definition) is 2. The van der Waals surface area contributed by atoms with E-state index in [-0.39, 0.29) is 30.0 Å². The number of nitrogens with one attached hydrogen (secondary N) is 2. The fourth-order valence-corrected chi connectivity index (χ4v) is 2.43. The molecule has 0 aliphatic rings. The number of thioether (sulfide) groups is 1. The van der Waals surface area contributed by atoms with Gasteiger partial charge in [0.15, 0.2) is 5.96 Å². The second kappa shape index (κ2) is 11.7. The van der Waals surface area contributed by atoms with E-state index >= 15 is 0 Å². The summed E-state index contributed by atoms with van der Waals surface area (Å²) in [4.78, 5) is 4.22. The molecule has 1 atom stereocenters. The third-order valence-corrected chi connectivity index (χ3v) is 4.27. The van der Waals surface area contributed by atoms with Crippen LogP contribution in [0.4, 0.5) is 0 Å². The van der Waals surface area contributed by atoms with E-state index in [1.165, 1.54) is 0 Å². The molecule has 0 bridgehead atoms. The van der Waals surface area contributed by atoms with Gasteiger partial charge in [-0.3, -0.25) is 4.99 Å². The molecular weight excluding hydrogens is 440 g/mol. The lowest BCUT2D eigenvalue weighted by atomic mass is 10.1. The summed E-state index contributed by atoms with van der Waals surface area (Å²) < 4.78 is 0. The van der Waals surface area contributed by atoms with E-state index in [0.717, 1.165) is 30.2 Å². The van der Waals surface area contributed by atoms with Gasteiger partial charge in [0.2, 0.25) is 0 Å². The zero-order valence-electron chi connectivity index (χ0n) is 12.5. The molecule has 1 rings (SSSR count). The minimum absolute atomic E-state index is 0. The lowest BCUT2D eigenvalue weighted by molar-refractivity contribution is 0.683. The molecule has 0 saturated carbocycles. The van der Waals surface area contributed by atoms with Crippen molar-refractivity contribution in [2.45, 2.75) is 19.4 Å². The van der Waals surface area contributed by atoms with Gasteiger partial charge in [0.25, 0.3) is 0 Å². The molecule has 0 aliphatic heterocycles. The van der Waals surface area contributed by atoms with Crippen LogP contribution in [0.25, 0.3) is 0 Å². The van der Waals surface area contributed by atoms with Crippen LogP contribution in [0, 0.1) is 0 Å². The van der Waals surface area contributed by atoms with Crippen LogP contribution in [-0.2, 0) is 0 Å². The van der Waals surface area contributed by atoms with Crippen molar-refractivity contribution in [1.29, 1.82) is 0 Å². The van der Waals surface area contributed by atoms with Crippen LogP contribution in [0.5, 0.6) is 0 Å². The summed E-state index contributed by atoms with van der Waals surface area (Å²) in [6.07, 6.45) is 3.22. The van der Waals surface area contributed by atoms with E-state index < -0.39 is 0 Å². The topological polar surface area (TPSA) is 36.4 Å². The Bertz CT molecular complexity index is 458. The lowest BCUT2D eigenvalue weighted by Gasteiger charge is -2.18. The first-order valence-corrected chi connectivity index (χ1v) is 8.64. The molecule has 3 nitrogen and oxygen atoms in total. The second-order valence-corrected chi connectivity index (χ2v) is 6.18. The molecule has 120 valence electrons. The molecule has 0 amide bonds. The van der Waals surface area contributed by atoms with Gasteiger partial charge < -0.3 is 10.6 Å². The van der Waals surface area contributed by atoms with Gasteiger partial charge in [-0.05, 0) is 43.0 Å². The Balaban J connectivity index is 0.00000400. The van der Waals surface area contributed by atoms with Crippen molar-refractivity contribution in [1.82, 2.24) is 10.6 Å². The predicted octanol–water partition coefficient (Wildman–Crippen LogP) is 4.59. The molecule has 7 heteroatoms. The monoisotopic (exact) mass is 461 g/mol. The van der Waals surface area contributed by atoms with E-state index in [4.69, 9.17) is 23.2 Å². The van der Waals surface area contributed by atoms with Gasteiger partial charge in [0, 0.05) is 13.6 Å². The number of guanidine groups is 1. The maximum absolute atomic E-state index is 6.04. The number of hydrogen-bond acceptors (Lipinski definition) is 2. The fourth-order valence-electron chi connectivity index (χ4n) is 1.69. The second-order valence-electron chi connectivity index (χ2n) is 4.38. The van der Waals surface area contributed by atoms with Gasteiger partial charge in [-0.2, -0.15) is 11.8 Å². The molecule has 0 saturated heterocycles. The molecule has 0 aromatic heterocycles. The van der Waals surface area contributed by atoms with Gasteiger partial charge in [-0.15, -0.1) is 24.0 Å². The first-order valence-electron chi connectivity index (χ1n) is 6.49. The normalized spacial score (nSPS) is 12.5. The summed E-state index contributed by atoms with van der Waals surface area (Å²) in [5, 5.41) is 7.78. The number of rotatable bonds is 6. The van der Waals surface area contributed by atoms with Crippen LogP contribution in [0.3, 0.4) is 0 Å². The van der Waals surface area contributed by atoms with Gasteiger partial charge in [0.1, 0.15) is 0 Å². The lowest BCUT2D eigenvalue weighted by Crippen LogP contribution is -2.39. The quantitative estimate of drug-likeness (QED) is 0.281. The van der Waals surface area contributed by atoms with Crippen molar-refractivity contribution in [2.75, 3.05) is 25.6 Å². The highest BCUT2D eigenvalue weighted by Crippen LogP contribution is 2.25. The van der Waals surface area contributed by atoms with Crippen LogP contribution in [0.1, 0.15) is 24.9 Å². The Labute approximate surface area is 158 Å². The van der Waals surface area contributed by atoms with Crippen LogP contribution in [-0.4, -0.2) is 31.6 Å². The van der Waals surface area contributed by atoms with Crippen molar-refractivity contribution in [2.24, 2.45) is 4.99 Å². The van der Waals surface area contributed by atoms with E-state index in [2.05, 4.69) is 28.8 Å². The van der Waals surface area contributed by atoms with Crippen molar-refractivity contribution >= 4 is 64.9 Å². The summed E-state index contributed by atoms with van der Waals surface area (Å²) in [6, 6.07) is 5.76. The molecule has 1 aromatic rings. The minimum Gasteiger partial charge on any atom is -0.356 e. The average molecular weight is 462 g/mol. The Hall–Kier alpha value is 0.150. The Morgan fingerprint density at radius 1 is 1.33 bits per heavy atom. The summed E-state index contributed by atoms with van der Waals surface area (Å²) in [5.41, 5.74) is 1.08. The third kappa shape index (κ3) is 7.81. The summed E-state index contributed by atoms with van der Waals surface area (Å²) in [5.74, 6) is 1.94. The molecule has 1 aromatic carbocycles. The van der Waals surface area contributed by atoms with E-state index in [0.29, 0.717) is 10.0 Å². The van der Waals surface area contributed by atoms with E-state index in [9.17, 15) is 0 Å². The molecule has 0 fully saturated rings. The van der Waals surface area contributed by atoms with Crippen molar-refractivity contribution in [3.8, 4) is 0 Å². The van der Waals surface area contributed by atoms with Crippen LogP contribution in [0.15, 0.2) is 23.2 Å². The maximum Gasteiger partial charge on any atom is 0.191 e. The predicted molar refractivity (Wildman–Crippen MR) is 108 cm³/mol. The largest absolute Gasteiger partial charge is 0.356 e. The van der Waals surface area contributed by atoms with Gasteiger partial charge in [0.05, 0.1) is 16.1 Å². The molecule has 2 N–H and O–H groups in total. The van der Waals surface area contributed by atoms with Crippen molar-refractivity contribution in [3.63, 3.8) is 0 Å². The fraction of sp³-hybridized carbons (Fsp3) is 0.500. The van der Waals surface area contributed by atoms with Crippen LogP contribution < -0.4 is 10.6 Å².